The number of benzene rings is 1. The van der Waals surface area contributed by atoms with Crippen LogP contribution < -0.4 is 5.32 Å². The molecular weight excluding hydrogens is 343 g/mol. The van der Waals surface area contributed by atoms with Crippen molar-refractivity contribution >= 4 is 24.0 Å². The predicted molar refractivity (Wildman–Crippen MR) is 95.4 cm³/mol. The third kappa shape index (κ3) is 2.67. The van der Waals surface area contributed by atoms with Crippen molar-refractivity contribution in [1.82, 2.24) is 15.3 Å². The van der Waals surface area contributed by atoms with Crippen LogP contribution in [-0.2, 0) is 11.8 Å². The van der Waals surface area contributed by atoms with Gasteiger partial charge in [0.1, 0.15) is 6.07 Å². The molecule has 1 N–H and O–H groups in total. The maximum Gasteiger partial charge on any atom is 0.232 e. The van der Waals surface area contributed by atoms with Gasteiger partial charge >= 0.3 is 0 Å². The minimum absolute atomic E-state index is 0. The molecule has 1 fully saturated rings. The summed E-state index contributed by atoms with van der Waals surface area (Å²) in [6.07, 6.45) is 6.19. The van der Waals surface area contributed by atoms with Gasteiger partial charge in [0.05, 0.1) is 11.7 Å². The molecule has 0 amide bonds. The second kappa shape index (κ2) is 6.68. The predicted octanol–water partition coefficient (Wildman–Crippen LogP) is 3.73. The number of aromatic nitrogens is 2. The normalized spacial score (nSPS) is 20.9. The first-order chi connectivity index (χ1) is 11.2. The van der Waals surface area contributed by atoms with E-state index in [1.165, 1.54) is 12.0 Å². The van der Waals surface area contributed by atoms with Crippen LogP contribution in [0.5, 0.6) is 0 Å². The lowest BCUT2D eigenvalue weighted by atomic mass is 9.58. The summed E-state index contributed by atoms with van der Waals surface area (Å²) in [6, 6.07) is 10.4. The van der Waals surface area contributed by atoms with Gasteiger partial charge in [-0.15, -0.1) is 12.4 Å². The van der Waals surface area contributed by atoms with Crippen LogP contribution >= 0.6 is 24.0 Å². The summed E-state index contributed by atoms with van der Waals surface area (Å²) in [5, 5.41) is 13.5. The van der Waals surface area contributed by atoms with E-state index in [1.807, 2.05) is 18.3 Å². The number of hydrogen-bond acceptors (Lipinski definition) is 4. The van der Waals surface area contributed by atoms with Gasteiger partial charge in [-0.05, 0) is 49.1 Å². The lowest BCUT2D eigenvalue weighted by molar-refractivity contribution is 0.161. The Balaban J connectivity index is 0.00000169. The highest BCUT2D eigenvalue weighted by atomic mass is 35.5. The Hall–Kier alpha value is -1.67. The quantitative estimate of drug-likeness (QED) is 0.885. The van der Waals surface area contributed by atoms with Crippen LogP contribution in [0.15, 0.2) is 30.5 Å². The standard InChI is InChI=1S/C18H17ClN4.ClH/c19-14-4-2-13(3-5-14)18(7-1-8-18)17-16-12(6-9-21-17)11-22-15(10-20)23-16;/h2-5,11,17,21H,1,6-9H2;1H. The van der Waals surface area contributed by atoms with Crippen LogP contribution in [0.2, 0.25) is 5.02 Å². The maximum atomic E-state index is 9.14. The molecule has 1 unspecified atom stereocenters. The summed E-state index contributed by atoms with van der Waals surface area (Å²) in [6.45, 7) is 0.919. The Morgan fingerprint density at radius 3 is 2.62 bits per heavy atom. The Morgan fingerprint density at radius 1 is 1.25 bits per heavy atom. The van der Waals surface area contributed by atoms with Crippen molar-refractivity contribution in [3.63, 3.8) is 0 Å². The molecule has 1 aromatic carbocycles. The molecule has 0 bridgehead atoms. The van der Waals surface area contributed by atoms with Crippen LogP contribution in [0.25, 0.3) is 0 Å². The zero-order valence-corrected chi connectivity index (χ0v) is 14.7. The lowest BCUT2D eigenvalue weighted by Crippen LogP contribution is -2.49. The van der Waals surface area contributed by atoms with Crippen molar-refractivity contribution in [3.05, 3.63) is 58.1 Å². The van der Waals surface area contributed by atoms with Gasteiger partial charge < -0.3 is 5.32 Å². The molecule has 2 aliphatic rings. The molecule has 124 valence electrons. The van der Waals surface area contributed by atoms with Gasteiger partial charge in [0.25, 0.3) is 0 Å². The smallest absolute Gasteiger partial charge is 0.232 e. The average Bonchev–Trinajstić information content (AvgIpc) is 2.55. The molecule has 0 saturated heterocycles. The fourth-order valence-corrected chi connectivity index (χ4v) is 4.03. The van der Waals surface area contributed by atoms with Crippen LogP contribution in [0.1, 0.15) is 47.9 Å². The van der Waals surface area contributed by atoms with E-state index in [0.29, 0.717) is 0 Å². The number of fused-ring (bicyclic) bond motifs is 1. The first-order valence-corrected chi connectivity index (χ1v) is 8.36. The Morgan fingerprint density at radius 2 is 2.00 bits per heavy atom. The highest BCUT2D eigenvalue weighted by Gasteiger charge is 2.48. The Kier molecular flexibility index (Phi) is 4.78. The summed E-state index contributed by atoms with van der Waals surface area (Å²) in [5.74, 6) is 0.253. The van der Waals surface area contributed by atoms with Gasteiger partial charge in [-0.1, -0.05) is 30.2 Å². The van der Waals surface area contributed by atoms with E-state index in [-0.39, 0.29) is 29.7 Å². The van der Waals surface area contributed by atoms with E-state index in [1.54, 1.807) is 0 Å². The van der Waals surface area contributed by atoms with E-state index < -0.39 is 0 Å². The Labute approximate surface area is 152 Å². The van der Waals surface area contributed by atoms with Crippen molar-refractivity contribution in [2.75, 3.05) is 6.54 Å². The third-order valence-electron chi connectivity index (χ3n) is 5.23. The van der Waals surface area contributed by atoms with Gasteiger partial charge in [0.15, 0.2) is 0 Å². The highest BCUT2D eigenvalue weighted by Crippen LogP contribution is 2.53. The van der Waals surface area contributed by atoms with Crippen molar-refractivity contribution in [3.8, 4) is 6.07 Å². The molecule has 1 aliphatic carbocycles. The molecule has 1 atom stereocenters. The van der Waals surface area contributed by atoms with E-state index >= 15 is 0 Å². The summed E-state index contributed by atoms with van der Waals surface area (Å²) >= 11 is 6.06. The van der Waals surface area contributed by atoms with E-state index in [2.05, 4.69) is 33.5 Å². The van der Waals surface area contributed by atoms with E-state index in [0.717, 1.165) is 42.1 Å². The first kappa shape index (κ1) is 17.2. The SMILES string of the molecule is Cl.N#Cc1ncc2c(n1)C(C1(c3ccc(Cl)cc3)CCC1)NCC2. The third-order valence-corrected chi connectivity index (χ3v) is 5.48. The highest BCUT2D eigenvalue weighted by molar-refractivity contribution is 6.30. The van der Waals surface area contributed by atoms with Gasteiger partial charge in [-0.3, -0.25) is 0 Å². The maximum absolute atomic E-state index is 9.14. The van der Waals surface area contributed by atoms with Gasteiger partial charge in [-0.2, -0.15) is 5.26 Å². The second-order valence-corrected chi connectivity index (χ2v) is 6.81. The number of nitriles is 1. The van der Waals surface area contributed by atoms with Crippen molar-refractivity contribution in [1.29, 1.82) is 5.26 Å². The van der Waals surface area contributed by atoms with Gasteiger partial charge in [0, 0.05) is 16.6 Å². The molecule has 24 heavy (non-hydrogen) atoms. The summed E-state index contributed by atoms with van der Waals surface area (Å²) in [4.78, 5) is 8.68. The molecule has 0 spiro atoms. The number of nitrogens with zero attached hydrogens (tertiary/aromatic N) is 3. The van der Waals surface area contributed by atoms with E-state index in [4.69, 9.17) is 16.9 Å². The topological polar surface area (TPSA) is 61.6 Å². The second-order valence-electron chi connectivity index (χ2n) is 6.37. The van der Waals surface area contributed by atoms with Crippen molar-refractivity contribution in [2.24, 2.45) is 0 Å². The zero-order valence-electron chi connectivity index (χ0n) is 13.1. The molecule has 0 radical (unpaired) electrons. The van der Waals surface area contributed by atoms with Crippen LogP contribution in [0.3, 0.4) is 0 Å². The fraction of sp³-hybridized carbons (Fsp3) is 0.389. The largest absolute Gasteiger partial charge is 0.308 e. The molecule has 4 nitrogen and oxygen atoms in total. The molecule has 1 saturated carbocycles. The molecule has 6 heteroatoms. The fourth-order valence-electron chi connectivity index (χ4n) is 3.90. The first-order valence-electron chi connectivity index (χ1n) is 7.98. The number of halogens is 2. The average molecular weight is 361 g/mol. The Bertz CT molecular complexity index is 779. The lowest BCUT2D eigenvalue weighted by Gasteiger charge is -2.50. The molecular formula is C18H18Cl2N4. The van der Waals surface area contributed by atoms with Crippen LogP contribution in [0.4, 0.5) is 0 Å². The minimum atomic E-state index is 0. The number of hydrogen-bond donors (Lipinski definition) is 1. The molecule has 4 rings (SSSR count). The van der Waals surface area contributed by atoms with Crippen LogP contribution in [0, 0.1) is 11.3 Å². The molecule has 2 aromatic rings. The van der Waals surface area contributed by atoms with E-state index in [9.17, 15) is 0 Å². The van der Waals surface area contributed by atoms with Gasteiger partial charge in [0.2, 0.25) is 5.82 Å². The molecule has 2 heterocycles. The van der Waals surface area contributed by atoms with Crippen molar-refractivity contribution < 1.29 is 0 Å². The summed E-state index contributed by atoms with van der Waals surface area (Å²) < 4.78 is 0. The zero-order chi connectivity index (χ0) is 15.9. The van der Waals surface area contributed by atoms with Gasteiger partial charge in [-0.25, -0.2) is 9.97 Å². The van der Waals surface area contributed by atoms with Crippen molar-refractivity contribution in [2.45, 2.75) is 37.1 Å². The monoisotopic (exact) mass is 360 g/mol. The van der Waals surface area contributed by atoms with Crippen LogP contribution in [-0.4, -0.2) is 16.5 Å². The molecule has 1 aliphatic heterocycles. The number of nitrogens with one attached hydrogen (secondary N) is 1. The number of rotatable bonds is 2. The summed E-state index contributed by atoms with van der Waals surface area (Å²) in [5.41, 5.74) is 3.50. The summed E-state index contributed by atoms with van der Waals surface area (Å²) in [7, 11) is 0. The molecule has 1 aromatic heterocycles. The minimum Gasteiger partial charge on any atom is -0.308 e.